The monoisotopic (exact) mass is 400 g/mol. The molecule has 0 aliphatic carbocycles. The van der Waals surface area contributed by atoms with Crippen LogP contribution in [0.4, 0.5) is 0 Å². The van der Waals surface area contributed by atoms with E-state index in [1.807, 2.05) is 0 Å². The van der Waals surface area contributed by atoms with Gasteiger partial charge in [-0.05, 0) is 25.7 Å². The van der Waals surface area contributed by atoms with Gasteiger partial charge in [0, 0.05) is 11.8 Å². The predicted molar refractivity (Wildman–Crippen MR) is 90.3 cm³/mol. The summed E-state index contributed by atoms with van der Waals surface area (Å²) < 4.78 is 61.0. The molecule has 0 aromatic heterocycles. The van der Waals surface area contributed by atoms with Gasteiger partial charge in [-0.3, -0.25) is 9.35 Å². The first kappa shape index (κ1) is 23.5. The van der Waals surface area contributed by atoms with Gasteiger partial charge >= 0.3 is 11.9 Å². The van der Waals surface area contributed by atoms with E-state index in [4.69, 9.17) is 14.0 Å². The van der Waals surface area contributed by atoms with Gasteiger partial charge in [-0.1, -0.05) is 6.58 Å². The van der Waals surface area contributed by atoms with Crippen molar-refractivity contribution in [2.75, 3.05) is 31.0 Å². The zero-order chi connectivity index (χ0) is 19.5. The second-order valence-electron chi connectivity index (χ2n) is 5.47. The van der Waals surface area contributed by atoms with Crippen molar-refractivity contribution in [3.05, 3.63) is 12.2 Å². The van der Waals surface area contributed by atoms with Crippen LogP contribution in [0.1, 0.15) is 32.1 Å². The van der Waals surface area contributed by atoms with Crippen LogP contribution in [0.15, 0.2) is 12.2 Å². The normalized spacial score (nSPS) is 11.8. The molecule has 146 valence electrons. The maximum absolute atomic E-state index is 11.6. The molecule has 0 saturated carbocycles. The van der Waals surface area contributed by atoms with Gasteiger partial charge in [-0.2, -0.15) is 8.42 Å². The number of rotatable bonds is 13. The first-order valence-electron chi connectivity index (χ1n) is 7.54. The first-order valence-corrected chi connectivity index (χ1v) is 11.2. The van der Waals surface area contributed by atoms with Crippen LogP contribution >= 0.6 is 0 Å². The van der Waals surface area contributed by atoms with Crippen LogP contribution in [-0.4, -0.2) is 64.3 Å². The van der Waals surface area contributed by atoms with Crippen LogP contribution in [-0.2, 0) is 39.0 Å². The predicted octanol–water partition coefficient (Wildman–Crippen LogP) is 0.512. The third-order valence-corrected chi connectivity index (χ3v) is 4.68. The Labute approximate surface area is 148 Å². The van der Waals surface area contributed by atoms with E-state index in [9.17, 15) is 26.4 Å². The Bertz CT molecular complexity index is 662. The molecule has 0 spiro atoms. The molecule has 0 amide bonds. The van der Waals surface area contributed by atoms with Crippen LogP contribution < -0.4 is 0 Å². The minimum Gasteiger partial charge on any atom is -0.465 e. The lowest BCUT2D eigenvalue weighted by atomic mass is 10.2. The van der Waals surface area contributed by atoms with E-state index in [-0.39, 0.29) is 43.8 Å². The molecule has 0 fully saturated rings. The van der Waals surface area contributed by atoms with Crippen LogP contribution in [0.25, 0.3) is 0 Å². The Hall–Kier alpha value is -1.46. The van der Waals surface area contributed by atoms with Gasteiger partial charge in [-0.15, -0.1) is 0 Å². The second kappa shape index (κ2) is 11.2. The highest BCUT2D eigenvalue weighted by Gasteiger charge is 2.14. The fourth-order valence-corrected chi connectivity index (χ4v) is 2.90. The molecule has 11 heteroatoms. The van der Waals surface area contributed by atoms with E-state index < -0.39 is 37.6 Å². The first-order chi connectivity index (χ1) is 11.4. The number of sulfone groups is 1. The second-order valence-corrected chi connectivity index (χ2v) is 9.30. The molecule has 0 rings (SSSR count). The largest absolute Gasteiger partial charge is 0.465 e. The smallest absolute Gasteiger partial charge is 0.333 e. The average molecular weight is 400 g/mol. The van der Waals surface area contributed by atoms with Crippen molar-refractivity contribution >= 4 is 31.9 Å². The highest BCUT2D eigenvalue weighted by molar-refractivity contribution is 7.90. The molecular weight excluding hydrogens is 376 g/mol. The Balaban J connectivity index is 3.84. The van der Waals surface area contributed by atoms with Gasteiger partial charge in [0.2, 0.25) is 0 Å². The van der Waals surface area contributed by atoms with Crippen LogP contribution in [0.2, 0.25) is 0 Å². The fraction of sp³-hybridized carbons (Fsp3) is 0.714. The van der Waals surface area contributed by atoms with Crippen LogP contribution in [0, 0.1) is 0 Å². The summed E-state index contributed by atoms with van der Waals surface area (Å²) >= 11 is 0. The molecule has 0 bridgehead atoms. The number of carbonyl (C=O) groups excluding carboxylic acids is 2. The van der Waals surface area contributed by atoms with Crippen molar-refractivity contribution in [2.24, 2.45) is 0 Å². The number of esters is 2. The van der Waals surface area contributed by atoms with Gasteiger partial charge in [-0.25, -0.2) is 13.2 Å². The van der Waals surface area contributed by atoms with E-state index in [0.29, 0.717) is 12.8 Å². The van der Waals surface area contributed by atoms with E-state index in [2.05, 4.69) is 6.58 Å². The van der Waals surface area contributed by atoms with Gasteiger partial charge in [0.05, 0.1) is 31.1 Å². The summed E-state index contributed by atoms with van der Waals surface area (Å²) in [5.74, 6) is -1.87. The minimum absolute atomic E-state index is 0.00933. The van der Waals surface area contributed by atoms with E-state index in [1.165, 1.54) is 0 Å². The molecule has 1 N–H and O–H groups in total. The highest BCUT2D eigenvalue weighted by Crippen LogP contribution is 2.05. The van der Waals surface area contributed by atoms with Crippen molar-refractivity contribution < 1.29 is 40.5 Å². The molecule has 0 radical (unpaired) electrons. The highest BCUT2D eigenvalue weighted by atomic mass is 32.2. The summed E-state index contributed by atoms with van der Waals surface area (Å²) in [6.07, 6.45) is 1.90. The minimum atomic E-state index is -4.03. The Morgan fingerprint density at radius 2 is 1.44 bits per heavy atom. The lowest BCUT2D eigenvalue weighted by Crippen LogP contribution is -2.14. The molecule has 0 aromatic rings. The number of carbonyl (C=O) groups is 2. The van der Waals surface area contributed by atoms with Gasteiger partial charge < -0.3 is 9.47 Å². The molecule has 9 nitrogen and oxygen atoms in total. The molecule has 0 aromatic carbocycles. The topological polar surface area (TPSA) is 141 Å². The molecule has 25 heavy (non-hydrogen) atoms. The maximum atomic E-state index is 11.6. The molecule has 0 aliphatic heterocycles. The van der Waals surface area contributed by atoms with E-state index in [0.717, 1.165) is 6.26 Å². The zero-order valence-corrected chi connectivity index (χ0v) is 15.7. The number of unbranched alkanes of at least 4 members (excludes halogenated alkanes) is 2. The van der Waals surface area contributed by atoms with Crippen molar-refractivity contribution in [1.29, 1.82) is 0 Å². The summed E-state index contributed by atoms with van der Waals surface area (Å²) in [6, 6.07) is 0. The fourth-order valence-electron chi connectivity index (χ4n) is 1.60. The molecule has 0 saturated heterocycles. The number of ether oxygens (including phenoxy) is 2. The van der Waals surface area contributed by atoms with E-state index >= 15 is 0 Å². The molecular formula is C14H24O9S2. The maximum Gasteiger partial charge on any atom is 0.333 e. The van der Waals surface area contributed by atoms with Gasteiger partial charge in [0.15, 0.2) is 0 Å². The molecule has 0 heterocycles. The average Bonchev–Trinajstić information content (AvgIpc) is 2.43. The number of hydrogen-bond acceptors (Lipinski definition) is 8. The quantitative estimate of drug-likeness (QED) is 0.202. The Kier molecular flexibility index (Phi) is 10.6. The van der Waals surface area contributed by atoms with Crippen molar-refractivity contribution in [3.8, 4) is 0 Å². The van der Waals surface area contributed by atoms with Crippen LogP contribution in [0.5, 0.6) is 0 Å². The molecule has 0 unspecified atom stereocenters. The molecule has 0 atom stereocenters. The van der Waals surface area contributed by atoms with Gasteiger partial charge in [0.1, 0.15) is 9.84 Å². The zero-order valence-electron chi connectivity index (χ0n) is 14.1. The summed E-state index contributed by atoms with van der Waals surface area (Å²) in [6.45, 7) is 3.41. The summed E-state index contributed by atoms with van der Waals surface area (Å²) in [5.41, 5.74) is -0.0916. The van der Waals surface area contributed by atoms with Crippen molar-refractivity contribution in [1.82, 2.24) is 0 Å². The Morgan fingerprint density at radius 3 is 1.96 bits per heavy atom. The van der Waals surface area contributed by atoms with E-state index in [1.54, 1.807) is 0 Å². The number of hydrogen-bond donors (Lipinski definition) is 1. The van der Waals surface area contributed by atoms with Crippen molar-refractivity contribution in [3.63, 3.8) is 0 Å². The third-order valence-electron chi connectivity index (χ3n) is 2.85. The van der Waals surface area contributed by atoms with Crippen LogP contribution in [0.3, 0.4) is 0 Å². The summed E-state index contributed by atoms with van der Waals surface area (Å²) in [5, 5.41) is 0. The van der Waals surface area contributed by atoms with Crippen molar-refractivity contribution in [2.45, 2.75) is 32.1 Å². The SMILES string of the molecule is C=C(CC(=O)OCCCCS(=O)(=O)O)C(=O)OCCCCS(C)(=O)=O. The molecule has 0 aliphatic rings. The third kappa shape index (κ3) is 15.8. The lowest BCUT2D eigenvalue weighted by Gasteiger charge is -2.07. The summed E-state index contributed by atoms with van der Waals surface area (Å²) in [7, 11) is -7.07. The Morgan fingerprint density at radius 1 is 0.920 bits per heavy atom. The standard InChI is InChI=1S/C14H24O9S2/c1-12(14(16)23-8-3-5-9-24(2,17)18)11-13(15)22-7-4-6-10-25(19,20)21/h1,3-11H2,2H3,(H,19,20,21). The summed E-state index contributed by atoms with van der Waals surface area (Å²) in [4.78, 5) is 23.1. The lowest BCUT2D eigenvalue weighted by molar-refractivity contribution is -0.146. The van der Waals surface area contributed by atoms with Gasteiger partial charge in [0.25, 0.3) is 10.1 Å².